The zero-order valence-corrected chi connectivity index (χ0v) is 22.4. The summed E-state index contributed by atoms with van der Waals surface area (Å²) in [6.07, 6.45) is -4.48. The minimum Gasteiger partial charge on any atom is -0.493 e. The summed E-state index contributed by atoms with van der Waals surface area (Å²) in [5, 5.41) is 9.05. The number of methoxy groups -OCH3 is 2. The van der Waals surface area contributed by atoms with E-state index in [0.717, 1.165) is 11.6 Å². The van der Waals surface area contributed by atoms with Crippen LogP contribution in [-0.2, 0) is 28.7 Å². The molecule has 218 valence electrons. The van der Waals surface area contributed by atoms with Crippen molar-refractivity contribution in [3.8, 4) is 11.5 Å². The number of hydrogen-bond donors (Lipinski definition) is 4. The lowest BCUT2D eigenvalue weighted by Gasteiger charge is -2.15. The number of benzene rings is 2. The summed E-state index contributed by atoms with van der Waals surface area (Å²) in [4.78, 5) is 13.0. The normalized spacial score (nSPS) is 11.2. The summed E-state index contributed by atoms with van der Waals surface area (Å²) < 4.78 is 61.6. The van der Waals surface area contributed by atoms with Crippen LogP contribution in [-0.4, -0.2) is 68.7 Å². The van der Waals surface area contributed by atoms with E-state index in [1.165, 1.54) is 12.1 Å². The first kappa shape index (κ1) is 30.7. The lowest BCUT2D eigenvalue weighted by molar-refractivity contribution is -0.138. The van der Waals surface area contributed by atoms with Crippen LogP contribution in [0.5, 0.6) is 11.5 Å². The summed E-state index contributed by atoms with van der Waals surface area (Å²) >= 11 is 0. The predicted octanol–water partition coefficient (Wildman–Crippen LogP) is 3.54. The van der Waals surface area contributed by atoms with Gasteiger partial charge in [0.1, 0.15) is 0 Å². The van der Waals surface area contributed by atoms with Crippen molar-refractivity contribution in [1.29, 1.82) is 0 Å². The van der Waals surface area contributed by atoms with Crippen molar-refractivity contribution in [2.45, 2.75) is 19.3 Å². The van der Waals surface area contributed by atoms with Crippen LogP contribution >= 0.6 is 0 Å². The Hall–Kier alpha value is -3.88. The van der Waals surface area contributed by atoms with Crippen LogP contribution in [0.1, 0.15) is 16.7 Å². The summed E-state index contributed by atoms with van der Waals surface area (Å²) in [5.74, 6) is 1.70. The quantitative estimate of drug-likeness (QED) is 0.179. The first-order valence-electron chi connectivity index (χ1n) is 12.5. The third-order valence-corrected chi connectivity index (χ3v) is 5.46. The van der Waals surface area contributed by atoms with E-state index in [9.17, 15) is 13.2 Å². The van der Waals surface area contributed by atoms with Gasteiger partial charge in [-0.1, -0.05) is 24.3 Å². The first-order valence-corrected chi connectivity index (χ1v) is 12.5. The number of alkyl halides is 3. The number of nitrogens with one attached hydrogen (secondary N) is 3. The van der Waals surface area contributed by atoms with Gasteiger partial charge in [-0.2, -0.15) is 28.1 Å². The molecule has 2 aromatic carbocycles. The second-order valence-corrected chi connectivity index (χ2v) is 8.30. The Morgan fingerprint density at radius 1 is 0.750 bits per heavy atom. The predicted molar refractivity (Wildman–Crippen MR) is 145 cm³/mol. The number of hydrogen-bond acceptors (Lipinski definition) is 11. The van der Waals surface area contributed by atoms with Gasteiger partial charge in [-0.05, 0) is 29.3 Å². The van der Waals surface area contributed by atoms with Gasteiger partial charge in [0.2, 0.25) is 17.8 Å². The molecular weight excluding hydrogens is 531 g/mol. The summed E-state index contributed by atoms with van der Waals surface area (Å²) in [5.41, 5.74) is 5.58. The maximum Gasteiger partial charge on any atom is 0.416 e. The van der Waals surface area contributed by atoms with Gasteiger partial charge in [-0.15, -0.1) is 0 Å². The summed E-state index contributed by atoms with van der Waals surface area (Å²) in [6, 6.07) is 10.8. The highest BCUT2D eigenvalue weighted by Crippen LogP contribution is 2.32. The van der Waals surface area contributed by atoms with E-state index in [1.54, 1.807) is 26.4 Å². The minimum atomic E-state index is -4.48. The maximum absolute atomic E-state index is 13.4. The second-order valence-electron chi connectivity index (χ2n) is 8.30. The molecule has 0 atom stereocenters. The lowest BCUT2D eigenvalue weighted by atomic mass is 10.1. The van der Waals surface area contributed by atoms with Crippen molar-refractivity contribution < 1.29 is 32.1 Å². The van der Waals surface area contributed by atoms with E-state index in [1.807, 2.05) is 12.1 Å². The number of aromatic nitrogens is 3. The highest BCUT2D eigenvalue weighted by atomic mass is 19.4. The van der Waals surface area contributed by atoms with Crippen molar-refractivity contribution in [3.05, 3.63) is 59.2 Å². The smallest absolute Gasteiger partial charge is 0.416 e. The van der Waals surface area contributed by atoms with Crippen LogP contribution < -0.4 is 31.2 Å². The Labute approximate surface area is 230 Å². The van der Waals surface area contributed by atoms with Crippen LogP contribution in [0.3, 0.4) is 0 Å². The molecule has 5 N–H and O–H groups in total. The van der Waals surface area contributed by atoms with Gasteiger partial charge in [-0.25, -0.2) is 0 Å². The van der Waals surface area contributed by atoms with E-state index >= 15 is 0 Å². The molecule has 40 heavy (non-hydrogen) atoms. The molecule has 0 aliphatic carbocycles. The lowest BCUT2D eigenvalue weighted by Crippen LogP contribution is -2.17. The third kappa shape index (κ3) is 9.70. The van der Waals surface area contributed by atoms with Crippen molar-refractivity contribution in [1.82, 2.24) is 15.0 Å². The van der Waals surface area contributed by atoms with Gasteiger partial charge in [0, 0.05) is 26.2 Å². The average molecular weight is 566 g/mol. The number of ether oxygens (including phenoxy) is 4. The molecule has 0 aliphatic rings. The molecule has 0 aliphatic heterocycles. The monoisotopic (exact) mass is 565 g/mol. The zero-order chi connectivity index (χ0) is 28.8. The fraction of sp³-hybridized carbons (Fsp3) is 0.423. The molecule has 14 heteroatoms. The van der Waals surface area contributed by atoms with Gasteiger partial charge >= 0.3 is 6.18 Å². The standard InChI is InChI=1S/C26H34F3N7O4/c1-37-21-8-7-18(15-22(21)38-2)16-32-24-34-23(31-10-12-40-14-13-39-11-9-30)35-25(36-24)33-17-19-5-3-4-6-20(19)26(27,28)29/h3-8,15H,9-14,16-17,30H2,1-2H3,(H3,31,32,33,34,35,36). The van der Waals surface area contributed by atoms with Crippen molar-refractivity contribution >= 4 is 17.8 Å². The van der Waals surface area contributed by atoms with Crippen molar-refractivity contribution in [2.75, 3.05) is 69.7 Å². The van der Waals surface area contributed by atoms with E-state index in [0.29, 0.717) is 57.6 Å². The molecule has 0 radical (unpaired) electrons. The molecule has 11 nitrogen and oxygen atoms in total. The first-order chi connectivity index (χ1) is 19.3. The molecular formula is C26H34F3N7O4. The van der Waals surface area contributed by atoms with E-state index in [2.05, 4.69) is 30.9 Å². The fourth-order valence-electron chi connectivity index (χ4n) is 3.55. The Bertz CT molecular complexity index is 1200. The van der Waals surface area contributed by atoms with Crippen molar-refractivity contribution in [2.24, 2.45) is 5.73 Å². The third-order valence-electron chi connectivity index (χ3n) is 5.46. The van der Waals surface area contributed by atoms with Crippen LogP contribution in [0.2, 0.25) is 0 Å². The fourth-order valence-corrected chi connectivity index (χ4v) is 3.55. The molecule has 0 fully saturated rings. The second kappa shape index (κ2) is 15.6. The molecule has 3 aromatic rings. The average Bonchev–Trinajstić information content (AvgIpc) is 2.95. The number of halogens is 3. The van der Waals surface area contributed by atoms with Gasteiger partial charge in [0.15, 0.2) is 11.5 Å². The van der Waals surface area contributed by atoms with E-state index in [-0.39, 0.29) is 30.0 Å². The summed E-state index contributed by atoms with van der Waals surface area (Å²) in [7, 11) is 3.10. The Kier molecular flexibility index (Phi) is 12.0. The molecule has 0 bridgehead atoms. The van der Waals surface area contributed by atoms with Gasteiger partial charge in [-0.3, -0.25) is 0 Å². The van der Waals surface area contributed by atoms with Crippen LogP contribution in [0.15, 0.2) is 42.5 Å². The topological polar surface area (TPSA) is 138 Å². The highest BCUT2D eigenvalue weighted by Gasteiger charge is 2.32. The molecule has 0 spiro atoms. The molecule has 0 saturated carbocycles. The summed E-state index contributed by atoms with van der Waals surface area (Å²) in [6.45, 7) is 2.69. The van der Waals surface area contributed by atoms with Crippen LogP contribution in [0.25, 0.3) is 0 Å². The van der Waals surface area contributed by atoms with Gasteiger partial charge in [0.05, 0.1) is 46.2 Å². The maximum atomic E-state index is 13.4. The van der Waals surface area contributed by atoms with E-state index < -0.39 is 11.7 Å². The van der Waals surface area contributed by atoms with Gasteiger partial charge < -0.3 is 40.6 Å². The number of rotatable bonds is 17. The SMILES string of the molecule is COc1ccc(CNc2nc(NCCOCCOCCN)nc(NCc3ccccc3C(F)(F)F)n2)cc1OC. The van der Waals surface area contributed by atoms with Crippen LogP contribution in [0, 0.1) is 0 Å². The molecule has 0 saturated heterocycles. The van der Waals surface area contributed by atoms with E-state index in [4.69, 9.17) is 24.7 Å². The number of nitrogens with zero attached hydrogens (tertiary/aromatic N) is 3. The zero-order valence-electron chi connectivity index (χ0n) is 22.4. The minimum absolute atomic E-state index is 0.0648. The largest absolute Gasteiger partial charge is 0.493 e. The Balaban J connectivity index is 1.70. The number of anilines is 3. The molecule has 0 amide bonds. The molecule has 0 unspecified atom stereocenters. The number of nitrogens with two attached hydrogens (primary N) is 1. The van der Waals surface area contributed by atoms with Gasteiger partial charge in [0.25, 0.3) is 0 Å². The Morgan fingerprint density at radius 2 is 1.38 bits per heavy atom. The molecule has 3 rings (SSSR count). The van der Waals surface area contributed by atoms with Crippen LogP contribution in [0.4, 0.5) is 31.0 Å². The molecule has 1 heterocycles. The Morgan fingerprint density at radius 3 is 2.02 bits per heavy atom. The molecule has 1 aromatic heterocycles. The van der Waals surface area contributed by atoms with Crippen molar-refractivity contribution in [3.63, 3.8) is 0 Å². The highest BCUT2D eigenvalue weighted by molar-refractivity contribution is 5.46.